The fraction of sp³-hybridized carbons (Fsp3) is 0.435. The van der Waals surface area contributed by atoms with E-state index >= 15 is 0 Å². The number of hydrogen-bond donors (Lipinski definition) is 2. The number of nitrogens with zero attached hydrogens (tertiary/aromatic N) is 1. The van der Waals surface area contributed by atoms with E-state index in [9.17, 15) is 4.79 Å². The van der Waals surface area contributed by atoms with Crippen molar-refractivity contribution in [3.63, 3.8) is 0 Å². The van der Waals surface area contributed by atoms with E-state index in [0.29, 0.717) is 0 Å². The zero-order valence-corrected chi connectivity index (χ0v) is 16.2. The minimum atomic E-state index is -0.180. The zero-order chi connectivity index (χ0) is 18.6. The Hall–Kier alpha value is -2.33. The van der Waals surface area contributed by atoms with Gasteiger partial charge >= 0.3 is 0 Å². The summed E-state index contributed by atoms with van der Waals surface area (Å²) >= 11 is 0. The molecular formula is C23H30N3O+. The molecule has 1 aliphatic carbocycles. The van der Waals surface area contributed by atoms with Gasteiger partial charge in [0, 0.05) is 11.3 Å². The molecule has 2 aromatic rings. The first kappa shape index (κ1) is 18.1. The Labute approximate surface area is 162 Å². The van der Waals surface area contributed by atoms with Crippen LogP contribution < -0.4 is 10.2 Å². The maximum absolute atomic E-state index is 12.9. The minimum Gasteiger partial charge on any atom is -0.374 e. The molecule has 1 aliphatic heterocycles. The van der Waals surface area contributed by atoms with E-state index in [4.69, 9.17) is 0 Å². The second kappa shape index (κ2) is 8.13. The van der Waals surface area contributed by atoms with Crippen molar-refractivity contribution >= 4 is 11.6 Å². The monoisotopic (exact) mass is 364 g/mol. The summed E-state index contributed by atoms with van der Waals surface area (Å²) in [5, 5.41) is 3.42. The predicted octanol–water partition coefficient (Wildman–Crippen LogP) is 1.90. The van der Waals surface area contributed by atoms with Gasteiger partial charge in [-0.15, -0.1) is 0 Å². The van der Waals surface area contributed by atoms with Gasteiger partial charge in [-0.05, 0) is 49.4 Å². The maximum Gasteiger partial charge on any atom is 0.245 e. The molecule has 142 valence electrons. The van der Waals surface area contributed by atoms with Crippen molar-refractivity contribution < 1.29 is 9.69 Å². The van der Waals surface area contributed by atoms with E-state index in [0.717, 1.165) is 38.4 Å². The van der Waals surface area contributed by atoms with Gasteiger partial charge in [-0.25, -0.2) is 0 Å². The highest BCUT2D eigenvalue weighted by Gasteiger charge is 2.27. The Kier molecular flexibility index (Phi) is 5.44. The van der Waals surface area contributed by atoms with Crippen LogP contribution in [0.5, 0.6) is 0 Å². The van der Waals surface area contributed by atoms with Crippen molar-refractivity contribution in [3.05, 3.63) is 65.2 Å². The first-order chi connectivity index (χ1) is 13.2. The summed E-state index contributed by atoms with van der Waals surface area (Å²) < 4.78 is 0. The molecule has 0 bridgehead atoms. The van der Waals surface area contributed by atoms with Crippen LogP contribution in [0.2, 0.25) is 0 Å². The lowest BCUT2D eigenvalue weighted by molar-refractivity contribution is -0.917. The fourth-order valence-electron chi connectivity index (χ4n) is 4.35. The predicted molar refractivity (Wildman–Crippen MR) is 109 cm³/mol. The van der Waals surface area contributed by atoms with E-state index in [-0.39, 0.29) is 11.9 Å². The number of aryl methyl sites for hydroxylation is 2. The number of anilines is 1. The topological polar surface area (TPSA) is 36.8 Å². The number of nitrogens with one attached hydrogen (secondary N) is 2. The van der Waals surface area contributed by atoms with E-state index in [1.807, 2.05) is 11.8 Å². The van der Waals surface area contributed by atoms with E-state index in [2.05, 4.69) is 53.8 Å². The largest absolute Gasteiger partial charge is 0.374 e. The smallest absolute Gasteiger partial charge is 0.245 e. The molecule has 4 rings (SSSR count). The first-order valence-electron chi connectivity index (χ1n) is 10.2. The number of benzene rings is 2. The molecule has 2 aromatic carbocycles. The van der Waals surface area contributed by atoms with Crippen LogP contribution in [0.3, 0.4) is 0 Å². The summed E-state index contributed by atoms with van der Waals surface area (Å²) in [4.78, 5) is 16.4. The van der Waals surface area contributed by atoms with Gasteiger partial charge < -0.3 is 15.1 Å². The Bertz CT molecular complexity index is 781. The van der Waals surface area contributed by atoms with Crippen molar-refractivity contribution in [2.75, 3.05) is 31.5 Å². The second-order valence-corrected chi connectivity index (χ2v) is 7.94. The lowest BCUT2D eigenvalue weighted by Crippen LogP contribution is -3.13. The van der Waals surface area contributed by atoms with Crippen molar-refractivity contribution in [2.45, 2.75) is 38.8 Å². The van der Waals surface area contributed by atoms with Gasteiger partial charge in [0.05, 0.1) is 26.2 Å². The molecule has 1 atom stereocenters. The molecule has 2 N–H and O–H groups in total. The molecular weight excluding hydrogens is 334 g/mol. The van der Waals surface area contributed by atoms with Gasteiger partial charge in [0.25, 0.3) is 0 Å². The number of amides is 1. The molecule has 4 heteroatoms. The third-order valence-electron chi connectivity index (χ3n) is 5.93. The SMILES string of the molecule is C[C@@H](Nc1ccc2c(c1)CCC2)C(=O)N1CC[NH+](Cc2ccccc2)CC1. The molecule has 0 saturated carbocycles. The van der Waals surface area contributed by atoms with Crippen LogP contribution in [-0.4, -0.2) is 43.0 Å². The standard InChI is InChI=1S/C23H29N3O/c1-18(24-22-11-10-20-8-5-9-21(20)16-22)23(27)26-14-12-25(13-15-26)17-19-6-3-2-4-7-19/h2-4,6-7,10-11,16,18,24H,5,8-9,12-15,17H2,1H3/p+1/t18-/m1/s1. The number of hydrogen-bond acceptors (Lipinski definition) is 2. The lowest BCUT2D eigenvalue weighted by Gasteiger charge is -2.34. The average Bonchev–Trinajstić information content (AvgIpc) is 3.16. The van der Waals surface area contributed by atoms with Crippen molar-refractivity contribution in [2.24, 2.45) is 0 Å². The highest BCUT2D eigenvalue weighted by Crippen LogP contribution is 2.25. The Balaban J connectivity index is 1.28. The van der Waals surface area contributed by atoms with E-state index < -0.39 is 0 Å². The quantitative estimate of drug-likeness (QED) is 0.850. The summed E-state index contributed by atoms with van der Waals surface area (Å²) in [5.74, 6) is 0.217. The van der Waals surface area contributed by atoms with E-state index in [1.54, 1.807) is 4.90 Å². The van der Waals surface area contributed by atoms with E-state index in [1.165, 1.54) is 36.0 Å². The number of quaternary nitrogens is 1. The molecule has 0 aromatic heterocycles. The van der Waals surface area contributed by atoms with Crippen LogP contribution in [0.4, 0.5) is 5.69 Å². The molecule has 1 saturated heterocycles. The van der Waals surface area contributed by atoms with Crippen LogP contribution in [0.15, 0.2) is 48.5 Å². The van der Waals surface area contributed by atoms with Crippen LogP contribution >= 0.6 is 0 Å². The van der Waals surface area contributed by atoms with Crippen LogP contribution in [0, 0.1) is 0 Å². The third-order valence-corrected chi connectivity index (χ3v) is 5.93. The Morgan fingerprint density at radius 3 is 2.59 bits per heavy atom. The summed E-state index contributed by atoms with van der Waals surface area (Å²) in [6, 6.07) is 17.0. The number of carbonyl (C=O) groups excluding carboxylic acids is 1. The van der Waals surface area contributed by atoms with Crippen molar-refractivity contribution in [1.29, 1.82) is 0 Å². The molecule has 1 heterocycles. The third kappa shape index (κ3) is 4.33. The van der Waals surface area contributed by atoms with Gasteiger partial charge in [-0.1, -0.05) is 36.4 Å². The fourth-order valence-corrected chi connectivity index (χ4v) is 4.35. The molecule has 0 spiro atoms. The van der Waals surface area contributed by atoms with Gasteiger partial charge in [0.15, 0.2) is 0 Å². The van der Waals surface area contributed by atoms with Crippen molar-refractivity contribution in [3.8, 4) is 0 Å². The van der Waals surface area contributed by atoms with Gasteiger partial charge in [0.2, 0.25) is 5.91 Å². The van der Waals surface area contributed by atoms with Gasteiger partial charge in [-0.3, -0.25) is 4.79 Å². The number of rotatable bonds is 5. The van der Waals surface area contributed by atoms with Crippen LogP contribution in [-0.2, 0) is 24.2 Å². The first-order valence-corrected chi connectivity index (χ1v) is 10.2. The molecule has 0 unspecified atom stereocenters. The normalized spacial score (nSPS) is 18.2. The van der Waals surface area contributed by atoms with Gasteiger partial charge in [-0.2, -0.15) is 0 Å². The summed E-state index contributed by atoms with van der Waals surface area (Å²) in [5.41, 5.74) is 5.36. The maximum atomic E-state index is 12.9. The zero-order valence-electron chi connectivity index (χ0n) is 16.2. The van der Waals surface area contributed by atoms with Crippen LogP contribution in [0.1, 0.15) is 30.0 Å². The molecule has 4 nitrogen and oxygen atoms in total. The molecule has 27 heavy (non-hydrogen) atoms. The van der Waals surface area contributed by atoms with Crippen molar-refractivity contribution in [1.82, 2.24) is 4.90 Å². The Morgan fingerprint density at radius 1 is 1.07 bits per heavy atom. The number of fused-ring (bicyclic) bond motifs is 1. The summed E-state index contributed by atoms with van der Waals surface area (Å²) in [6.45, 7) is 6.76. The van der Waals surface area contributed by atoms with Gasteiger partial charge in [0.1, 0.15) is 12.6 Å². The number of carbonyl (C=O) groups is 1. The second-order valence-electron chi connectivity index (χ2n) is 7.94. The minimum absolute atomic E-state index is 0.180. The molecule has 0 radical (unpaired) electrons. The summed E-state index contributed by atoms with van der Waals surface area (Å²) in [6.07, 6.45) is 3.61. The summed E-state index contributed by atoms with van der Waals surface area (Å²) in [7, 11) is 0. The highest BCUT2D eigenvalue weighted by molar-refractivity contribution is 5.84. The molecule has 1 amide bonds. The average molecular weight is 365 g/mol. The highest BCUT2D eigenvalue weighted by atomic mass is 16.2. The number of piperazine rings is 1. The molecule has 1 fully saturated rings. The molecule has 2 aliphatic rings. The van der Waals surface area contributed by atoms with Crippen LogP contribution in [0.25, 0.3) is 0 Å². The Morgan fingerprint density at radius 2 is 1.81 bits per heavy atom. The lowest BCUT2D eigenvalue weighted by atomic mass is 10.1.